The molecule has 2 N–H and O–H groups in total. The zero-order valence-electron chi connectivity index (χ0n) is 18.2. The van der Waals surface area contributed by atoms with Crippen LogP contribution in [0.15, 0.2) is 77.7 Å². The van der Waals surface area contributed by atoms with Crippen LogP contribution in [0.5, 0.6) is 0 Å². The predicted octanol–water partition coefficient (Wildman–Crippen LogP) is 3.70. The lowest BCUT2D eigenvalue weighted by Crippen LogP contribution is -2.26. The van der Waals surface area contributed by atoms with Crippen molar-refractivity contribution in [1.82, 2.24) is 19.6 Å². The Labute approximate surface area is 192 Å². The number of hydrogen-bond donors (Lipinski definition) is 2. The smallest absolute Gasteiger partial charge is 0.251 e. The number of carbonyl (C=O) groups excluding carboxylic acids is 1. The molecule has 1 saturated carbocycles. The molecular formula is C25H24N4O3S. The Bertz CT molecular complexity index is 1420. The molecule has 5 rings (SSSR count). The van der Waals surface area contributed by atoms with Crippen LogP contribution in [0.1, 0.15) is 34.6 Å². The van der Waals surface area contributed by atoms with E-state index in [4.69, 9.17) is 0 Å². The highest BCUT2D eigenvalue weighted by Gasteiger charge is 2.27. The van der Waals surface area contributed by atoms with Gasteiger partial charge in [-0.15, -0.1) is 0 Å². The number of nitrogens with zero attached hydrogens (tertiary/aromatic N) is 2. The molecule has 0 aliphatic heterocycles. The van der Waals surface area contributed by atoms with Gasteiger partial charge >= 0.3 is 0 Å². The standard InChI is InChI=1S/C25H24N4O3S/c1-17-27-23-15-19(9-14-24(23)29(17)21-5-3-2-4-6-21)25(30)26-16-18-7-12-22(13-8-18)33(31,32)28-20-10-11-20/h2-9,12-15,20,28H,10-11,16H2,1H3,(H,26,30). The Kier molecular flexibility index (Phi) is 5.47. The topological polar surface area (TPSA) is 93.1 Å². The molecule has 1 fully saturated rings. The zero-order valence-corrected chi connectivity index (χ0v) is 19.0. The molecule has 0 spiro atoms. The van der Waals surface area contributed by atoms with Crippen molar-refractivity contribution in [2.75, 3.05) is 0 Å². The van der Waals surface area contributed by atoms with Crippen LogP contribution >= 0.6 is 0 Å². The minimum Gasteiger partial charge on any atom is -0.348 e. The van der Waals surface area contributed by atoms with Crippen molar-refractivity contribution < 1.29 is 13.2 Å². The minimum absolute atomic E-state index is 0.0641. The monoisotopic (exact) mass is 460 g/mol. The number of nitrogens with one attached hydrogen (secondary N) is 2. The van der Waals surface area contributed by atoms with E-state index in [2.05, 4.69) is 19.6 Å². The summed E-state index contributed by atoms with van der Waals surface area (Å²) in [5.41, 5.74) is 4.05. The van der Waals surface area contributed by atoms with Crippen LogP contribution in [-0.2, 0) is 16.6 Å². The highest BCUT2D eigenvalue weighted by molar-refractivity contribution is 7.89. The lowest BCUT2D eigenvalue weighted by molar-refractivity contribution is 0.0951. The van der Waals surface area contributed by atoms with E-state index in [-0.39, 0.29) is 16.8 Å². The Morgan fingerprint density at radius 2 is 1.76 bits per heavy atom. The van der Waals surface area contributed by atoms with E-state index in [1.165, 1.54) is 0 Å². The maximum absolute atomic E-state index is 12.7. The number of amides is 1. The van der Waals surface area contributed by atoms with Gasteiger partial charge in [0.15, 0.2) is 0 Å². The highest BCUT2D eigenvalue weighted by atomic mass is 32.2. The molecule has 1 aromatic heterocycles. The molecule has 0 atom stereocenters. The van der Waals surface area contributed by atoms with Crippen LogP contribution in [0.25, 0.3) is 16.7 Å². The number of fused-ring (bicyclic) bond motifs is 1. The number of carbonyl (C=O) groups is 1. The maximum atomic E-state index is 12.7. The summed E-state index contributed by atoms with van der Waals surface area (Å²) in [6.45, 7) is 2.24. The molecule has 168 valence electrons. The molecule has 3 aromatic carbocycles. The fourth-order valence-corrected chi connectivity index (χ4v) is 5.11. The SMILES string of the molecule is Cc1nc2cc(C(=O)NCc3ccc(S(=O)(=O)NC4CC4)cc3)ccc2n1-c1ccccc1. The van der Waals surface area contributed by atoms with E-state index in [1.807, 2.05) is 43.3 Å². The number of hydrogen-bond acceptors (Lipinski definition) is 4. The molecule has 7 nitrogen and oxygen atoms in total. The molecule has 0 radical (unpaired) electrons. The Balaban J connectivity index is 1.28. The maximum Gasteiger partial charge on any atom is 0.251 e. The molecule has 8 heteroatoms. The number of rotatable bonds is 7. The first-order valence-electron chi connectivity index (χ1n) is 10.8. The van der Waals surface area contributed by atoms with Crippen molar-refractivity contribution in [3.63, 3.8) is 0 Å². The molecule has 1 heterocycles. The van der Waals surface area contributed by atoms with Crippen molar-refractivity contribution in [3.8, 4) is 5.69 Å². The third-order valence-electron chi connectivity index (χ3n) is 5.68. The van der Waals surface area contributed by atoms with E-state index in [9.17, 15) is 13.2 Å². The first kappa shape index (κ1) is 21.4. The first-order valence-corrected chi connectivity index (χ1v) is 12.3. The summed E-state index contributed by atoms with van der Waals surface area (Å²) in [7, 11) is -3.48. The second kappa shape index (κ2) is 8.46. The van der Waals surface area contributed by atoms with Gasteiger partial charge in [-0.2, -0.15) is 0 Å². The van der Waals surface area contributed by atoms with Crippen molar-refractivity contribution in [3.05, 3.63) is 89.7 Å². The van der Waals surface area contributed by atoms with Crippen LogP contribution in [0.3, 0.4) is 0 Å². The van der Waals surface area contributed by atoms with E-state index >= 15 is 0 Å². The molecule has 4 aromatic rings. The van der Waals surface area contributed by atoms with Crippen LogP contribution in [0, 0.1) is 6.92 Å². The highest BCUT2D eigenvalue weighted by Crippen LogP contribution is 2.23. The molecule has 1 aliphatic carbocycles. The van der Waals surface area contributed by atoms with Crippen LogP contribution in [-0.4, -0.2) is 29.9 Å². The lowest BCUT2D eigenvalue weighted by atomic mass is 10.1. The number of aromatic nitrogens is 2. The predicted molar refractivity (Wildman–Crippen MR) is 127 cm³/mol. The van der Waals surface area contributed by atoms with Gasteiger partial charge in [0.1, 0.15) is 5.82 Å². The Morgan fingerprint density at radius 3 is 2.45 bits per heavy atom. The van der Waals surface area contributed by atoms with Gasteiger partial charge in [-0.1, -0.05) is 30.3 Å². The van der Waals surface area contributed by atoms with E-state index in [0.717, 1.165) is 41.0 Å². The van der Waals surface area contributed by atoms with Gasteiger partial charge in [-0.25, -0.2) is 18.1 Å². The summed E-state index contributed by atoms with van der Waals surface area (Å²) in [6, 6.07) is 22.1. The van der Waals surface area contributed by atoms with Gasteiger partial charge in [0.05, 0.1) is 15.9 Å². The van der Waals surface area contributed by atoms with Gasteiger partial charge < -0.3 is 5.32 Å². The summed E-state index contributed by atoms with van der Waals surface area (Å²) < 4.78 is 29.3. The molecular weight excluding hydrogens is 436 g/mol. The van der Waals surface area contributed by atoms with Gasteiger partial charge in [-0.3, -0.25) is 9.36 Å². The second-order valence-electron chi connectivity index (χ2n) is 8.26. The summed E-state index contributed by atoms with van der Waals surface area (Å²) >= 11 is 0. The normalized spacial score (nSPS) is 13.8. The molecule has 0 unspecified atom stereocenters. The van der Waals surface area contributed by atoms with Crippen molar-refractivity contribution in [2.45, 2.75) is 37.2 Å². The fraction of sp³-hybridized carbons (Fsp3) is 0.200. The van der Waals surface area contributed by atoms with Gasteiger partial charge in [0.2, 0.25) is 10.0 Å². The molecule has 33 heavy (non-hydrogen) atoms. The first-order chi connectivity index (χ1) is 15.9. The number of aryl methyl sites for hydroxylation is 1. The summed E-state index contributed by atoms with van der Waals surface area (Å²) in [6.07, 6.45) is 1.78. The lowest BCUT2D eigenvalue weighted by Gasteiger charge is -2.09. The third kappa shape index (κ3) is 4.53. The number of imidazole rings is 1. The Hall–Kier alpha value is -3.49. The average Bonchev–Trinajstić information content (AvgIpc) is 3.56. The van der Waals surface area contributed by atoms with Crippen LogP contribution < -0.4 is 10.0 Å². The minimum atomic E-state index is -3.48. The van der Waals surface area contributed by atoms with E-state index < -0.39 is 10.0 Å². The van der Waals surface area contributed by atoms with Gasteiger partial charge in [0.25, 0.3) is 5.91 Å². The van der Waals surface area contributed by atoms with Crippen molar-refractivity contribution in [1.29, 1.82) is 0 Å². The van der Waals surface area contributed by atoms with Crippen molar-refractivity contribution >= 4 is 27.0 Å². The number of benzene rings is 3. The molecule has 0 bridgehead atoms. The summed E-state index contributed by atoms with van der Waals surface area (Å²) in [4.78, 5) is 17.6. The van der Waals surface area contributed by atoms with E-state index in [1.54, 1.807) is 36.4 Å². The van der Waals surface area contributed by atoms with Crippen molar-refractivity contribution in [2.24, 2.45) is 0 Å². The summed E-state index contributed by atoms with van der Waals surface area (Å²) in [5.74, 6) is 0.635. The molecule has 1 aliphatic rings. The van der Waals surface area contributed by atoms with Gasteiger partial charge in [0, 0.05) is 23.8 Å². The van der Waals surface area contributed by atoms with Crippen LogP contribution in [0.4, 0.5) is 0 Å². The zero-order chi connectivity index (χ0) is 23.0. The summed E-state index contributed by atoms with van der Waals surface area (Å²) in [5, 5.41) is 2.89. The average molecular weight is 461 g/mol. The molecule has 1 amide bonds. The van der Waals surface area contributed by atoms with Crippen LogP contribution in [0.2, 0.25) is 0 Å². The molecule has 0 saturated heterocycles. The largest absolute Gasteiger partial charge is 0.348 e. The quantitative estimate of drug-likeness (QED) is 0.440. The van der Waals surface area contributed by atoms with Gasteiger partial charge in [-0.05, 0) is 67.8 Å². The number of para-hydroxylation sites is 1. The number of sulfonamides is 1. The Morgan fingerprint density at radius 1 is 1.03 bits per heavy atom. The van der Waals surface area contributed by atoms with E-state index in [0.29, 0.717) is 12.1 Å². The third-order valence-corrected chi connectivity index (χ3v) is 7.22. The fourth-order valence-electron chi connectivity index (χ4n) is 3.80. The second-order valence-corrected chi connectivity index (χ2v) is 9.97.